The Hall–Kier alpha value is 0.577. The molecule has 0 fully saturated rings. The second-order valence-electron chi connectivity index (χ2n) is 4.37. The number of hydrogen-bond donors (Lipinski definition) is 0. The highest BCUT2D eigenvalue weighted by Crippen LogP contribution is 2.20. The number of hydrogen-bond acceptors (Lipinski definition) is 3. The number of alkyl halides is 1. The topological polar surface area (TPSA) is 27.7 Å². The van der Waals surface area contributed by atoms with Crippen LogP contribution in [0.5, 0.6) is 0 Å². The highest BCUT2D eigenvalue weighted by molar-refractivity contribution is 9.09. The molecule has 0 aliphatic heterocycles. The minimum Gasteiger partial charge on any atom is -0.373 e. The van der Waals surface area contributed by atoms with E-state index in [2.05, 4.69) is 36.7 Å². The molecule has 0 atom stereocenters. The monoisotopic (exact) mass is 340 g/mol. The van der Waals surface area contributed by atoms with E-state index < -0.39 is 8.80 Å². The molecule has 0 saturated carbocycles. The van der Waals surface area contributed by atoms with Crippen molar-refractivity contribution in [1.29, 1.82) is 0 Å². The molecule has 0 rings (SSSR count). The van der Waals surface area contributed by atoms with Gasteiger partial charge in [0.1, 0.15) is 0 Å². The first-order chi connectivity index (χ1) is 8.74. The van der Waals surface area contributed by atoms with E-state index in [1.807, 2.05) is 0 Å². The molecule has 0 aliphatic carbocycles. The lowest BCUT2D eigenvalue weighted by atomic mass is 10.4. The van der Waals surface area contributed by atoms with E-state index in [4.69, 9.17) is 13.3 Å². The van der Waals surface area contributed by atoms with Crippen LogP contribution in [0.4, 0.5) is 0 Å². The molecular formula is C13H29BrO3Si. The number of unbranched alkanes of at least 4 members (excludes halogenated alkanes) is 1. The summed E-state index contributed by atoms with van der Waals surface area (Å²) in [6, 6.07) is 0.943. The molecule has 0 radical (unpaired) electrons. The maximum absolute atomic E-state index is 6.01. The van der Waals surface area contributed by atoms with E-state index in [0.717, 1.165) is 63.3 Å². The van der Waals surface area contributed by atoms with Crippen LogP contribution in [-0.4, -0.2) is 34.0 Å². The Labute approximate surface area is 122 Å². The van der Waals surface area contributed by atoms with Crippen molar-refractivity contribution >= 4 is 24.7 Å². The molecule has 0 aliphatic rings. The Bertz CT molecular complexity index is 160. The molecule has 0 bridgehead atoms. The van der Waals surface area contributed by atoms with Gasteiger partial charge in [0.25, 0.3) is 0 Å². The van der Waals surface area contributed by atoms with E-state index in [-0.39, 0.29) is 0 Å². The van der Waals surface area contributed by atoms with Crippen LogP contribution in [0.15, 0.2) is 0 Å². The summed E-state index contributed by atoms with van der Waals surface area (Å²) in [7, 11) is -2.42. The van der Waals surface area contributed by atoms with Gasteiger partial charge in [-0.25, -0.2) is 0 Å². The van der Waals surface area contributed by atoms with Crippen molar-refractivity contribution in [1.82, 2.24) is 0 Å². The van der Waals surface area contributed by atoms with Gasteiger partial charge in [-0.15, -0.1) is 0 Å². The molecular weight excluding hydrogens is 312 g/mol. The van der Waals surface area contributed by atoms with Gasteiger partial charge in [0, 0.05) is 31.2 Å². The summed E-state index contributed by atoms with van der Waals surface area (Å²) in [6.45, 7) is 8.60. The van der Waals surface area contributed by atoms with Crippen molar-refractivity contribution in [2.75, 3.05) is 25.2 Å². The maximum atomic E-state index is 6.01. The highest BCUT2D eigenvalue weighted by Gasteiger charge is 2.40. The highest BCUT2D eigenvalue weighted by atomic mass is 79.9. The first kappa shape index (κ1) is 18.6. The summed E-state index contributed by atoms with van der Waals surface area (Å²) in [5, 5.41) is 1.03. The van der Waals surface area contributed by atoms with E-state index in [1.54, 1.807) is 0 Å². The molecule has 0 saturated heterocycles. The van der Waals surface area contributed by atoms with E-state index in [1.165, 1.54) is 0 Å². The van der Waals surface area contributed by atoms with Crippen molar-refractivity contribution in [3.8, 4) is 0 Å². The summed E-state index contributed by atoms with van der Waals surface area (Å²) in [6.07, 6.45) is 5.29. The van der Waals surface area contributed by atoms with Crippen LogP contribution in [0, 0.1) is 0 Å². The first-order valence-corrected chi connectivity index (χ1v) is 10.3. The summed E-state index contributed by atoms with van der Waals surface area (Å²) in [5.74, 6) is 0. The molecule has 0 N–H and O–H groups in total. The average molecular weight is 341 g/mol. The Morgan fingerprint density at radius 1 is 0.778 bits per heavy atom. The Morgan fingerprint density at radius 2 is 1.22 bits per heavy atom. The quantitative estimate of drug-likeness (QED) is 0.283. The van der Waals surface area contributed by atoms with Crippen LogP contribution in [-0.2, 0) is 13.3 Å². The lowest BCUT2D eigenvalue weighted by Gasteiger charge is -2.29. The number of halogens is 1. The van der Waals surface area contributed by atoms with Gasteiger partial charge >= 0.3 is 8.80 Å². The van der Waals surface area contributed by atoms with Gasteiger partial charge in [0.2, 0.25) is 0 Å². The van der Waals surface area contributed by atoms with Crippen molar-refractivity contribution < 1.29 is 13.3 Å². The third kappa shape index (κ3) is 8.64. The van der Waals surface area contributed by atoms with Gasteiger partial charge in [-0.3, -0.25) is 0 Å². The zero-order valence-corrected chi connectivity index (χ0v) is 14.8. The molecule has 0 aromatic carbocycles. The van der Waals surface area contributed by atoms with Crippen molar-refractivity contribution in [3.63, 3.8) is 0 Å². The minimum absolute atomic E-state index is 0.744. The second-order valence-corrected chi connectivity index (χ2v) is 7.90. The third-order valence-electron chi connectivity index (χ3n) is 2.44. The fraction of sp³-hybridized carbons (Fsp3) is 1.00. The smallest absolute Gasteiger partial charge is 0.373 e. The lowest BCUT2D eigenvalue weighted by molar-refractivity contribution is 0.0587. The zero-order valence-electron chi connectivity index (χ0n) is 12.2. The molecule has 0 amide bonds. The van der Waals surface area contributed by atoms with Gasteiger partial charge in [-0.05, 0) is 32.1 Å². The Morgan fingerprint density at radius 3 is 1.56 bits per heavy atom. The fourth-order valence-corrected chi connectivity index (χ4v) is 4.86. The summed E-state index contributed by atoms with van der Waals surface area (Å²) in [5.41, 5.74) is 0. The molecule has 0 aromatic rings. The second kappa shape index (κ2) is 12.6. The minimum atomic E-state index is -2.42. The fourth-order valence-electron chi connectivity index (χ4n) is 1.55. The van der Waals surface area contributed by atoms with Crippen LogP contribution in [0.2, 0.25) is 6.04 Å². The molecule has 110 valence electrons. The summed E-state index contributed by atoms with van der Waals surface area (Å²) >= 11 is 3.47. The van der Waals surface area contributed by atoms with E-state index in [0.29, 0.717) is 0 Å². The van der Waals surface area contributed by atoms with Crippen LogP contribution < -0.4 is 0 Å². The maximum Gasteiger partial charge on any atom is 0.500 e. The lowest BCUT2D eigenvalue weighted by Crippen LogP contribution is -2.46. The molecule has 0 aromatic heterocycles. The Balaban J connectivity index is 4.41. The molecule has 5 heteroatoms. The SMILES string of the molecule is CCCO[Si](CCCCBr)(OCCC)OCCC. The van der Waals surface area contributed by atoms with Crippen molar-refractivity contribution in [2.24, 2.45) is 0 Å². The predicted octanol–water partition coefficient (Wildman–Crippen LogP) is 4.38. The van der Waals surface area contributed by atoms with Crippen LogP contribution in [0.25, 0.3) is 0 Å². The van der Waals surface area contributed by atoms with Gasteiger partial charge in [-0.1, -0.05) is 36.7 Å². The summed E-state index contributed by atoms with van der Waals surface area (Å²) in [4.78, 5) is 0. The largest absolute Gasteiger partial charge is 0.500 e. The molecule has 3 nitrogen and oxygen atoms in total. The van der Waals surface area contributed by atoms with Gasteiger partial charge in [-0.2, -0.15) is 0 Å². The normalized spacial score (nSPS) is 12.0. The van der Waals surface area contributed by atoms with Crippen LogP contribution in [0.1, 0.15) is 52.9 Å². The molecule has 0 spiro atoms. The molecule has 18 heavy (non-hydrogen) atoms. The molecule has 0 heterocycles. The van der Waals surface area contributed by atoms with Gasteiger partial charge in [0.15, 0.2) is 0 Å². The average Bonchev–Trinajstić information content (AvgIpc) is 2.40. The van der Waals surface area contributed by atoms with E-state index in [9.17, 15) is 0 Å². The molecule has 0 unspecified atom stereocenters. The predicted molar refractivity (Wildman–Crippen MR) is 82.3 cm³/mol. The third-order valence-corrected chi connectivity index (χ3v) is 5.90. The zero-order chi connectivity index (χ0) is 13.7. The van der Waals surface area contributed by atoms with Crippen molar-refractivity contribution in [3.05, 3.63) is 0 Å². The Kier molecular flexibility index (Phi) is 13.0. The van der Waals surface area contributed by atoms with Crippen LogP contribution >= 0.6 is 15.9 Å². The van der Waals surface area contributed by atoms with Crippen molar-refractivity contribution in [2.45, 2.75) is 58.9 Å². The van der Waals surface area contributed by atoms with Gasteiger partial charge in [0.05, 0.1) is 0 Å². The standard InChI is InChI=1S/C13H29BrO3Si/c1-4-10-15-18(16-11-5-2,17-12-6-3)13-8-7-9-14/h4-13H2,1-3H3. The van der Waals surface area contributed by atoms with E-state index >= 15 is 0 Å². The van der Waals surface area contributed by atoms with Gasteiger partial charge < -0.3 is 13.3 Å². The number of rotatable bonds is 13. The first-order valence-electron chi connectivity index (χ1n) is 7.22. The van der Waals surface area contributed by atoms with Crippen LogP contribution in [0.3, 0.4) is 0 Å². The summed E-state index contributed by atoms with van der Waals surface area (Å²) < 4.78 is 18.0.